The third kappa shape index (κ3) is 3.54. The van der Waals surface area contributed by atoms with E-state index in [4.69, 9.17) is 13.2 Å². The quantitative estimate of drug-likeness (QED) is 0.335. The molecule has 0 spiro atoms. The van der Waals surface area contributed by atoms with E-state index in [0.29, 0.717) is 11.8 Å². The lowest BCUT2D eigenvalue weighted by Gasteiger charge is -2.67. The average Bonchev–Trinajstić information content (AvgIpc) is 2.84. The lowest BCUT2D eigenvalue weighted by atomic mass is 9.37. The molecule has 4 rings (SSSR count). The van der Waals surface area contributed by atoms with E-state index >= 15 is 0 Å². The zero-order valence-electron chi connectivity index (χ0n) is 26.2. The van der Waals surface area contributed by atoms with Gasteiger partial charge in [-0.15, -0.1) is 0 Å². The summed E-state index contributed by atoms with van der Waals surface area (Å²) in [5.41, 5.74) is 16.2. The van der Waals surface area contributed by atoms with Crippen molar-refractivity contribution in [3.8, 4) is 0 Å². The highest BCUT2D eigenvalue weighted by Crippen LogP contribution is 2.74. The lowest BCUT2D eigenvalue weighted by Crippen LogP contribution is -2.58. The maximum atomic E-state index is 4.88. The molecule has 0 bridgehead atoms. The minimum Gasteiger partial charge on any atom is -0.0995 e. The third-order valence-corrected chi connectivity index (χ3v) is 12.0. The summed E-state index contributed by atoms with van der Waals surface area (Å²) in [7, 11) is 0. The van der Waals surface area contributed by atoms with Gasteiger partial charge in [0.25, 0.3) is 0 Å². The van der Waals surface area contributed by atoms with Crippen LogP contribution in [0, 0.1) is 29.1 Å². The van der Waals surface area contributed by atoms with Gasteiger partial charge in [-0.1, -0.05) is 109 Å². The Bertz CT molecular complexity index is 1320. The van der Waals surface area contributed by atoms with Gasteiger partial charge in [-0.05, 0) is 115 Å². The Morgan fingerprint density at radius 2 is 1.66 bits per heavy atom. The predicted octanol–water partition coefficient (Wildman–Crippen LogP) is 11.3. The van der Waals surface area contributed by atoms with Crippen LogP contribution in [0.25, 0.3) is 5.57 Å². The highest BCUT2D eigenvalue weighted by atomic mass is 14.7. The molecule has 0 saturated heterocycles. The minimum atomic E-state index is -0.144. The van der Waals surface area contributed by atoms with Crippen LogP contribution in [-0.4, -0.2) is 0 Å². The fraction of sp³-hybridized carbons (Fsp3) is 0.526. The van der Waals surface area contributed by atoms with Gasteiger partial charge in [-0.25, -0.2) is 0 Å². The monoisotopic (exact) mass is 508 g/mol. The molecule has 0 nitrogen and oxygen atoms in total. The normalized spacial score (nSPS) is 32.7. The molecular formula is C38H52. The Kier molecular flexibility index (Phi) is 7.08. The van der Waals surface area contributed by atoms with Crippen LogP contribution in [0.2, 0.25) is 0 Å². The molecule has 0 heterocycles. The number of rotatable bonds is 6. The summed E-state index contributed by atoms with van der Waals surface area (Å²) in [5, 5.41) is 0. The molecule has 0 saturated carbocycles. The van der Waals surface area contributed by atoms with Gasteiger partial charge < -0.3 is 0 Å². The van der Waals surface area contributed by atoms with E-state index in [9.17, 15) is 0 Å². The van der Waals surface area contributed by atoms with Crippen molar-refractivity contribution in [3.63, 3.8) is 0 Å². The summed E-state index contributed by atoms with van der Waals surface area (Å²) in [5.74, 6) is 0.853. The molecular weight excluding hydrogens is 456 g/mol. The molecule has 38 heavy (non-hydrogen) atoms. The molecule has 204 valence electrons. The van der Waals surface area contributed by atoms with Crippen LogP contribution >= 0.6 is 0 Å². The first-order valence-electron chi connectivity index (χ1n) is 14.9. The van der Waals surface area contributed by atoms with E-state index < -0.39 is 0 Å². The molecule has 5 atom stereocenters. The second-order valence-corrected chi connectivity index (χ2v) is 13.7. The third-order valence-electron chi connectivity index (χ3n) is 12.0. The molecule has 0 heteroatoms. The van der Waals surface area contributed by atoms with Gasteiger partial charge in [-0.2, -0.15) is 0 Å². The minimum absolute atomic E-state index is 0.00237. The van der Waals surface area contributed by atoms with Crippen molar-refractivity contribution < 1.29 is 0 Å². The zero-order chi connectivity index (χ0) is 28.5. The predicted molar refractivity (Wildman–Crippen MR) is 168 cm³/mol. The number of benzene rings is 1. The molecule has 3 aliphatic carbocycles. The molecule has 0 aliphatic heterocycles. The maximum Gasteiger partial charge on any atom is 0.0196 e. The van der Waals surface area contributed by atoms with Crippen LogP contribution in [0.3, 0.4) is 0 Å². The van der Waals surface area contributed by atoms with Crippen molar-refractivity contribution in [2.45, 2.75) is 107 Å². The summed E-state index contributed by atoms with van der Waals surface area (Å²) in [4.78, 5) is 0. The highest BCUT2D eigenvalue weighted by Gasteiger charge is 2.64. The van der Waals surface area contributed by atoms with Crippen LogP contribution in [0.5, 0.6) is 0 Å². The first-order chi connectivity index (χ1) is 17.6. The van der Waals surface area contributed by atoms with Crippen molar-refractivity contribution in [2.75, 3.05) is 0 Å². The van der Waals surface area contributed by atoms with Gasteiger partial charge in [0, 0.05) is 10.8 Å². The number of fused-ring (bicyclic) bond motifs is 3. The summed E-state index contributed by atoms with van der Waals surface area (Å²) in [6.45, 7) is 42.4. The Morgan fingerprint density at radius 3 is 2.24 bits per heavy atom. The van der Waals surface area contributed by atoms with E-state index in [1.807, 2.05) is 0 Å². The van der Waals surface area contributed by atoms with Gasteiger partial charge in [0.15, 0.2) is 0 Å². The zero-order valence-corrected chi connectivity index (χ0v) is 26.2. The van der Waals surface area contributed by atoms with Crippen molar-refractivity contribution >= 4 is 5.57 Å². The van der Waals surface area contributed by atoms with Crippen molar-refractivity contribution in [1.82, 2.24) is 0 Å². The Morgan fingerprint density at radius 1 is 1.03 bits per heavy atom. The van der Waals surface area contributed by atoms with Crippen molar-refractivity contribution in [2.24, 2.45) is 22.2 Å². The SMILES string of the molecule is C=C(CCCC)Cc1ccc2c(c1C)C(=C)C1=C(C)[C@@]3(C)C(=C)C(C(=C)C)=C(C)C[C@@]3(C)[C@H](C)[C@@]1(C)[C@@H]2C. The number of hydrogen-bond donors (Lipinski definition) is 0. The molecule has 0 fully saturated rings. The van der Waals surface area contributed by atoms with E-state index in [1.165, 1.54) is 74.1 Å². The first kappa shape index (κ1) is 28.7. The molecule has 0 aromatic heterocycles. The highest BCUT2D eigenvalue weighted by molar-refractivity contribution is 5.88. The fourth-order valence-corrected chi connectivity index (χ4v) is 9.17. The van der Waals surface area contributed by atoms with E-state index in [2.05, 4.69) is 94.5 Å². The molecule has 0 amide bonds. The average molecular weight is 509 g/mol. The number of unbranched alkanes of at least 4 members (excludes halogenated alkanes) is 1. The summed E-state index contributed by atoms with van der Waals surface area (Å²) in [6, 6.07) is 4.80. The molecule has 1 aromatic rings. The van der Waals surface area contributed by atoms with Crippen LogP contribution in [0.4, 0.5) is 0 Å². The lowest BCUT2D eigenvalue weighted by molar-refractivity contribution is -0.0260. The topological polar surface area (TPSA) is 0 Å². The van der Waals surface area contributed by atoms with Crippen LogP contribution < -0.4 is 0 Å². The van der Waals surface area contributed by atoms with Gasteiger partial charge >= 0.3 is 0 Å². The standard InChI is InChI=1S/C38H52/c1-15-16-17-23(4)20-31-18-19-32-27(8)37(13)30(11)36(12)21-24(5)33(22(2)3)28(9)38(36,14)29(10)35(37)26(7)34(32)25(31)6/h18-19,27,30H,2,4,7,9,15-17,20-21H2,1,3,5-6,8,10-14H3/t27-,30+,36+,37-,38-/m1/s1. The Hall–Kier alpha value is -2.34. The van der Waals surface area contributed by atoms with Gasteiger partial charge in [0.2, 0.25) is 0 Å². The summed E-state index contributed by atoms with van der Waals surface area (Å²) in [6.07, 6.45) is 5.59. The van der Waals surface area contributed by atoms with E-state index in [0.717, 1.165) is 24.8 Å². The molecule has 0 radical (unpaired) electrons. The molecule has 0 unspecified atom stereocenters. The summed E-state index contributed by atoms with van der Waals surface area (Å²) < 4.78 is 0. The van der Waals surface area contributed by atoms with Crippen LogP contribution in [-0.2, 0) is 6.42 Å². The largest absolute Gasteiger partial charge is 0.0995 e. The maximum absolute atomic E-state index is 4.88. The fourth-order valence-electron chi connectivity index (χ4n) is 9.17. The second-order valence-electron chi connectivity index (χ2n) is 13.7. The Balaban J connectivity index is 1.96. The van der Waals surface area contributed by atoms with Crippen molar-refractivity contribution in [1.29, 1.82) is 0 Å². The number of allylic oxidation sites excluding steroid dienone is 8. The first-order valence-corrected chi connectivity index (χ1v) is 14.9. The number of hydrogen-bond acceptors (Lipinski definition) is 0. The summed E-state index contributed by atoms with van der Waals surface area (Å²) >= 11 is 0. The van der Waals surface area contributed by atoms with Gasteiger partial charge in [0.1, 0.15) is 0 Å². The van der Waals surface area contributed by atoms with E-state index in [-0.39, 0.29) is 16.2 Å². The molecule has 1 aromatic carbocycles. The van der Waals surface area contributed by atoms with Crippen LogP contribution in [0.1, 0.15) is 116 Å². The van der Waals surface area contributed by atoms with Gasteiger partial charge in [-0.3, -0.25) is 0 Å². The van der Waals surface area contributed by atoms with Crippen LogP contribution in [0.15, 0.2) is 77.5 Å². The van der Waals surface area contributed by atoms with Gasteiger partial charge in [0.05, 0.1) is 0 Å². The van der Waals surface area contributed by atoms with E-state index in [1.54, 1.807) is 0 Å². The Labute approximate surface area is 234 Å². The molecule has 3 aliphatic rings. The van der Waals surface area contributed by atoms with Crippen molar-refractivity contribution in [3.05, 3.63) is 99.7 Å². The molecule has 0 N–H and O–H groups in total. The second kappa shape index (κ2) is 9.39. The smallest absolute Gasteiger partial charge is 0.0196 e.